The first-order valence-electron chi connectivity index (χ1n) is 8.25. The summed E-state index contributed by atoms with van der Waals surface area (Å²) < 4.78 is 11.9. The van der Waals surface area contributed by atoms with E-state index in [9.17, 15) is 4.79 Å². The Morgan fingerprint density at radius 3 is 2.69 bits per heavy atom. The highest BCUT2D eigenvalue weighted by molar-refractivity contribution is 5.82. The lowest BCUT2D eigenvalue weighted by molar-refractivity contribution is 0.167. The maximum Gasteiger partial charge on any atom is 0.414 e. The number of hydrogen-bond donors (Lipinski definition) is 1. The third kappa shape index (κ3) is 3.69. The molecule has 0 unspecified atom stereocenters. The molecular formula is C18H21N5O3. The summed E-state index contributed by atoms with van der Waals surface area (Å²) in [6.07, 6.45) is -0.596. The average molecular weight is 355 g/mol. The molecule has 1 N–H and O–H groups in total. The van der Waals surface area contributed by atoms with Crippen molar-refractivity contribution < 1.29 is 14.3 Å². The van der Waals surface area contributed by atoms with Crippen LogP contribution in [0.2, 0.25) is 0 Å². The minimum Gasteiger partial charge on any atom is -0.493 e. The molecule has 0 aliphatic rings. The standard InChI is InChI=1S/C18H21N5O3/c1-4-26-18(24)20-17-19-16-14(25-3)10-11-15(23(16)21-17)22(2)12-13-8-6-5-7-9-13/h5-11H,4,12H2,1-3H3,(H,20,21,24). The van der Waals surface area contributed by atoms with Gasteiger partial charge in [-0.1, -0.05) is 30.3 Å². The Hall–Kier alpha value is -3.29. The zero-order valence-electron chi connectivity index (χ0n) is 15.0. The number of hydrogen-bond acceptors (Lipinski definition) is 6. The molecule has 0 atom stereocenters. The summed E-state index contributed by atoms with van der Waals surface area (Å²) in [5.41, 5.74) is 1.68. The lowest BCUT2D eigenvalue weighted by atomic mass is 10.2. The van der Waals surface area contributed by atoms with Gasteiger partial charge in [0.2, 0.25) is 5.65 Å². The highest BCUT2D eigenvalue weighted by Crippen LogP contribution is 2.26. The lowest BCUT2D eigenvalue weighted by Gasteiger charge is -2.20. The maximum absolute atomic E-state index is 11.6. The second-order valence-corrected chi connectivity index (χ2v) is 5.62. The predicted molar refractivity (Wildman–Crippen MR) is 98.7 cm³/mol. The van der Waals surface area contributed by atoms with Gasteiger partial charge in [-0.05, 0) is 24.6 Å². The van der Waals surface area contributed by atoms with E-state index in [4.69, 9.17) is 9.47 Å². The fraction of sp³-hybridized carbons (Fsp3) is 0.278. The van der Waals surface area contributed by atoms with E-state index < -0.39 is 6.09 Å². The number of carbonyl (C=O) groups excluding carboxylic acids is 1. The Labute approximate surface area is 151 Å². The molecule has 0 fully saturated rings. The van der Waals surface area contributed by atoms with Crippen LogP contribution < -0.4 is 15.0 Å². The first-order chi connectivity index (χ1) is 12.6. The molecule has 0 radical (unpaired) electrons. The summed E-state index contributed by atoms with van der Waals surface area (Å²) in [4.78, 5) is 18.0. The second-order valence-electron chi connectivity index (χ2n) is 5.62. The number of rotatable bonds is 6. The van der Waals surface area contributed by atoms with Crippen molar-refractivity contribution in [3.63, 3.8) is 0 Å². The Balaban J connectivity index is 1.94. The number of benzene rings is 1. The molecule has 0 aliphatic carbocycles. The van der Waals surface area contributed by atoms with E-state index in [1.807, 2.05) is 42.3 Å². The lowest BCUT2D eigenvalue weighted by Crippen LogP contribution is -2.20. The van der Waals surface area contributed by atoms with Gasteiger partial charge in [0.15, 0.2) is 5.75 Å². The van der Waals surface area contributed by atoms with Gasteiger partial charge in [-0.25, -0.2) is 4.79 Å². The van der Waals surface area contributed by atoms with Crippen LogP contribution in [-0.4, -0.2) is 41.5 Å². The van der Waals surface area contributed by atoms with Gasteiger partial charge in [-0.15, -0.1) is 5.10 Å². The van der Waals surface area contributed by atoms with E-state index in [2.05, 4.69) is 27.5 Å². The van der Waals surface area contributed by atoms with Gasteiger partial charge in [-0.2, -0.15) is 9.50 Å². The number of aromatic nitrogens is 3. The molecule has 0 spiro atoms. The molecule has 1 aromatic carbocycles. The van der Waals surface area contributed by atoms with Gasteiger partial charge < -0.3 is 14.4 Å². The molecule has 0 aliphatic heterocycles. The van der Waals surface area contributed by atoms with Crippen molar-refractivity contribution in [1.82, 2.24) is 14.6 Å². The van der Waals surface area contributed by atoms with Gasteiger partial charge in [0.1, 0.15) is 5.82 Å². The quantitative estimate of drug-likeness (QED) is 0.732. The molecule has 3 aromatic rings. The van der Waals surface area contributed by atoms with Gasteiger partial charge in [-0.3, -0.25) is 5.32 Å². The summed E-state index contributed by atoms with van der Waals surface area (Å²) >= 11 is 0. The van der Waals surface area contributed by atoms with Gasteiger partial charge in [0.25, 0.3) is 5.95 Å². The molecule has 2 heterocycles. The van der Waals surface area contributed by atoms with Crippen molar-refractivity contribution in [1.29, 1.82) is 0 Å². The predicted octanol–water partition coefficient (Wildman–Crippen LogP) is 2.94. The van der Waals surface area contributed by atoms with Gasteiger partial charge in [0, 0.05) is 13.6 Å². The highest BCUT2D eigenvalue weighted by atomic mass is 16.5. The molecular weight excluding hydrogens is 334 g/mol. The molecule has 0 saturated heterocycles. The van der Waals surface area contributed by atoms with E-state index in [1.54, 1.807) is 18.5 Å². The molecule has 0 saturated carbocycles. The van der Waals surface area contributed by atoms with Crippen LogP contribution in [0.25, 0.3) is 5.65 Å². The molecule has 136 valence electrons. The van der Waals surface area contributed by atoms with Crippen molar-refractivity contribution in [3.8, 4) is 5.75 Å². The molecule has 0 bridgehead atoms. The number of amides is 1. The maximum atomic E-state index is 11.6. The fourth-order valence-corrected chi connectivity index (χ4v) is 2.62. The molecule has 8 heteroatoms. The third-order valence-electron chi connectivity index (χ3n) is 3.79. The van der Waals surface area contributed by atoms with Gasteiger partial charge >= 0.3 is 6.09 Å². The third-order valence-corrected chi connectivity index (χ3v) is 3.79. The number of methoxy groups -OCH3 is 1. The van der Waals surface area contributed by atoms with E-state index in [0.717, 1.165) is 5.82 Å². The van der Waals surface area contributed by atoms with Crippen LogP contribution in [0.1, 0.15) is 12.5 Å². The minimum atomic E-state index is -0.596. The number of pyridine rings is 1. The van der Waals surface area contributed by atoms with Gasteiger partial charge in [0.05, 0.1) is 13.7 Å². The van der Waals surface area contributed by atoms with Crippen molar-refractivity contribution in [2.45, 2.75) is 13.5 Å². The summed E-state index contributed by atoms with van der Waals surface area (Å²) in [6.45, 7) is 2.70. The first kappa shape index (κ1) is 17.5. The smallest absolute Gasteiger partial charge is 0.414 e. The first-order valence-corrected chi connectivity index (χ1v) is 8.25. The number of nitrogens with one attached hydrogen (secondary N) is 1. The fourth-order valence-electron chi connectivity index (χ4n) is 2.62. The molecule has 1 amide bonds. The Morgan fingerprint density at radius 2 is 2.00 bits per heavy atom. The zero-order valence-corrected chi connectivity index (χ0v) is 15.0. The van der Waals surface area contributed by atoms with E-state index in [1.165, 1.54) is 5.56 Å². The Kier molecular flexibility index (Phi) is 5.21. The molecule has 3 rings (SSSR count). The summed E-state index contributed by atoms with van der Waals surface area (Å²) in [6, 6.07) is 13.8. The van der Waals surface area contributed by atoms with Crippen LogP contribution in [0.4, 0.5) is 16.6 Å². The number of anilines is 2. The SMILES string of the molecule is CCOC(=O)Nc1nc2c(OC)ccc(N(C)Cc3ccccc3)n2n1. The molecule has 2 aromatic heterocycles. The zero-order chi connectivity index (χ0) is 18.5. The molecule has 26 heavy (non-hydrogen) atoms. The number of ether oxygens (including phenoxy) is 2. The molecule has 8 nitrogen and oxygen atoms in total. The van der Waals surface area contributed by atoms with Crippen molar-refractivity contribution in [2.75, 3.05) is 31.0 Å². The summed E-state index contributed by atoms with van der Waals surface area (Å²) in [5.74, 6) is 1.53. The van der Waals surface area contributed by atoms with Crippen LogP contribution >= 0.6 is 0 Å². The second kappa shape index (κ2) is 7.73. The van der Waals surface area contributed by atoms with E-state index in [0.29, 0.717) is 17.9 Å². The van der Waals surface area contributed by atoms with Crippen LogP contribution in [0.5, 0.6) is 5.75 Å². The number of carbonyl (C=O) groups is 1. The Morgan fingerprint density at radius 1 is 1.23 bits per heavy atom. The van der Waals surface area contributed by atoms with E-state index in [-0.39, 0.29) is 12.6 Å². The topological polar surface area (TPSA) is 81.0 Å². The Bertz CT molecular complexity index is 894. The van der Waals surface area contributed by atoms with Crippen LogP contribution in [0.3, 0.4) is 0 Å². The summed E-state index contributed by atoms with van der Waals surface area (Å²) in [5, 5.41) is 6.90. The normalized spacial score (nSPS) is 10.6. The minimum absolute atomic E-state index is 0.155. The highest BCUT2D eigenvalue weighted by Gasteiger charge is 2.16. The summed E-state index contributed by atoms with van der Waals surface area (Å²) in [7, 11) is 3.53. The largest absolute Gasteiger partial charge is 0.493 e. The van der Waals surface area contributed by atoms with Crippen LogP contribution in [0.15, 0.2) is 42.5 Å². The van der Waals surface area contributed by atoms with Crippen molar-refractivity contribution in [2.24, 2.45) is 0 Å². The van der Waals surface area contributed by atoms with E-state index >= 15 is 0 Å². The monoisotopic (exact) mass is 355 g/mol. The number of nitrogens with zero attached hydrogens (tertiary/aromatic N) is 4. The van der Waals surface area contributed by atoms with Crippen molar-refractivity contribution in [3.05, 3.63) is 48.0 Å². The van der Waals surface area contributed by atoms with Crippen LogP contribution in [0, 0.1) is 0 Å². The van der Waals surface area contributed by atoms with Crippen LogP contribution in [-0.2, 0) is 11.3 Å². The van der Waals surface area contributed by atoms with Crippen molar-refractivity contribution >= 4 is 23.5 Å². The number of fused-ring (bicyclic) bond motifs is 1. The average Bonchev–Trinajstić information content (AvgIpc) is 3.05.